The number of aromatic nitrogens is 1. The zero-order chi connectivity index (χ0) is 21.8. The summed E-state index contributed by atoms with van der Waals surface area (Å²) in [5, 5.41) is 4.24. The minimum atomic E-state index is -0.0296. The zero-order valence-electron chi connectivity index (χ0n) is 18.0. The molecular formula is C26H26N2O2S. The predicted molar refractivity (Wildman–Crippen MR) is 129 cm³/mol. The quantitative estimate of drug-likeness (QED) is 0.280. The molecule has 3 aromatic carbocycles. The molecule has 0 saturated carbocycles. The molecule has 0 aliphatic heterocycles. The lowest BCUT2D eigenvalue weighted by Crippen LogP contribution is -2.25. The molecule has 1 heterocycles. The van der Waals surface area contributed by atoms with Crippen LogP contribution in [0.1, 0.15) is 21.5 Å². The fourth-order valence-electron chi connectivity index (χ4n) is 3.53. The van der Waals surface area contributed by atoms with Gasteiger partial charge >= 0.3 is 0 Å². The van der Waals surface area contributed by atoms with E-state index in [1.54, 1.807) is 18.9 Å². The molecule has 31 heavy (non-hydrogen) atoms. The van der Waals surface area contributed by atoms with Gasteiger partial charge < -0.3 is 15.0 Å². The number of aromatic amines is 1. The van der Waals surface area contributed by atoms with Crippen LogP contribution in [0.4, 0.5) is 0 Å². The molecule has 158 valence electrons. The smallest absolute Gasteiger partial charge is 0.251 e. The number of hydrogen-bond acceptors (Lipinski definition) is 3. The van der Waals surface area contributed by atoms with Gasteiger partial charge in [-0.25, -0.2) is 0 Å². The molecule has 1 amide bonds. The number of aryl methyl sites for hydroxylation is 2. The van der Waals surface area contributed by atoms with Gasteiger partial charge in [0.25, 0.3) is 5.91 Å². The number of para-hydroxylation sites is 1. The van der Waals surface area contributed by atoms with Gasteiger partial charge in [-0.05, 0) is 73.0 Å². The number of nitrogens with one attached hydrogen (secondary N) is 2. The van der Waals surface area contributed by atoms with E-state index in [0.717, 1.165) is 33.8 Å². The maximum Gasteiger partial charge on any atom is 0.251 e. The second kappa shape index (κ2) is 9.31. The molecule has 4 nitrogen and oxygen atoms in total. The molecule has 1 aromatic heterocycles. The first kappa shape index (κ1) is 21.1. The van der Waals surface area contributed by atoms with Crippen molar-refractivity contribution in [2.75, 3.05) is 19.4 Å². The highest BCUT2D eigenvalue weighted by atomic mass is 32.2. The normalized spacial score (nSPS) is 10.9. The van der Waals surface area contributed by atoms with Gasteiger partial charge in [-0.1, -0.05) is 24.3 Å². The molecule has 0 fully saturated rings. The Bertz CT molecular complexity index is 1210. The third-order valence-electron chi connectivity index (χ3n) is 5.44. The topological polar surface area (TPSA) is 54.1 Å². The first-order valence-corrected chi connectivity index (χ1v) is 11.3. The van der Waals surface area contributed by atoms with E-state index in [1.165, 1.54) is 15.8 Å². The van der Waals surface area contributed by atoms with Crippen LogP contribution in [-0.2, 0) is 0 Å². The van der Waals surface area contributed by atoms with E-state index in [1.807, 2.05) is 43.3 Å². The number of methoxy groups -OCH3 is 1. The minimum absolute atomic E-state index is 0.0296. The van der Waals surface area contributed by atoms with E-state index >= 15 is 0 Å². The van der Waals surface area contributed by atoms with Crippen LogP contribution < -0.4 is 10.1 Å². The summed E-state index contributed by atoms with van der Waals surface area (Å²) in [4.78, 5) is 17.2. The highest BCUT2D eigenvalue weighted by Gasteiger charge is 2.14. The van der Waals surface area contributed by atoms with Crippen molar-refractivity contribution in [1.29, 1.82) is 0 Å². The van der Waals surface area contributed by atoms with E-state index in [2.05, 4.69) is 47.6 Å². The lowest BCUT2D eigenvalue weighted by Gasteiger charge is -2.09. The molecule has 0 aliphatic carbocycles. The maximum absolute atomic E-state index is 12.5. The Kier molecular flexibility index (Phi) is 6.33. The average molecular weight is 431 g/mol. The van der Waals surface area contributed by atoms with Gasteiger partial charge in [0.05, 0.1) is 12.8 Å². The molecule has 5 heteroatoms. The number of H-pyrrole nitrogens is 1. The number of carbonyl (C=O) groups is 1. The molecule has 0 radical (unpaired) electrons. The van der Waals surface area contributed by atoms with Crippen LogP contribution in [-0.4, -0.2) is 30.3 Å². The molecule has 0 saturated heterocycles. The number of amides is 1. The SMILES string of the molecule is COc1ccc(-c2[nH]c3ccccc3c2SCCNC(=O)c2ccc(C)c(C)c2)cc1. The molecule has 0 atom stereocenters. The van der Waals surface area contributed by atoms with Crippen LogP contribution in [0.15, 0.2) is 71.6 Å². The van der Waals surface area contributed by atoms with Crippen molar-refractivity contribution in [1.82, 2.24) is 10.3 Å². The number of rotatable bonds is 7. The van der Waals surface area contributed by atoms with E-state index in [4.69, 9.17) is 4.74 Å². The van der Waals surface area contributed by atoms with Gasteiger partial charge in [-0.2, -0.15) is 0 Å². The van der Waals surface area contributed by atoms with Gasteiger partial charge in [0.15, 0.2) is 0 Å². The summed E-state index contributed by atoms with van der Waals surface area (Å²) in [7, 11) is 1.67. The minimum Gasteiger partial charge on any atom is -0.497 e. The Balaban J connectivity index is 1.48. The van der Waals surface area contributed by atoms with Crippen molar-refractivity contribution in [2.24, 2.45) is 0 Å². The van der Waals surface area contributed by atoms with E-state index < -0.39 is 0 Å². The summed E-state index contributed by atoms with van der Waals surface area (Å²) < 4.78 is 5.29. The van der Waals surface area contributed by atoms with Crippen molar-refractivity contribution in [3.63, 3.8) is 0 Å². The largest absolute Gasteiger partial charge is 0.497 e. The van der Waals surface area contributed by atoms with Gasteiger partial charge in [0.1, 0.15) is 5.75 Å². The Morgan fingerprint density at radius 1 is 1.00 bits per heavy atom. The van der Waals surface area contributed by atoms with Crippen molar-refractivity contribution in [3.05, 3.63) is 83.4 Å². The Morgan fingerprint density at radius 2 is 1.77 bits per heavy atom. The summed E-state index contributed by atoms with van der Waals surface area (Å²) in [6.07, 6.45) is 0. The molecule has 2 N–H and O–H groups in total. The predicted octanol–water partition coefficient (Wildman–Crippen LogP) is 5.98. The number of carbonyl (C=O) groups excluding carboxylic acids is 1. The first-order valence-electron chi connectivity index (χ1n) is 10.3. The lowest BCUT2D eigenvalue weighted by atomic mass is 10.1. The van der Waals surface area contributed by atoms with Crippen molar-refractivity contribution >= 4 is 28.6 Å². The number of hydrogen-bond donors (Lipinski definition) is 2. The van der Waals surface area contributed by atoms with Crippen LogP contribution in [0.5, 0.6) is 5.75 Å². The lowest BCUT2D eigenvalue weighted by molar-refractivity contribution is 0.0956. The maximum atomic E-state index is 12.5. The second-order valence-electron chi connectivity index (χ2n) is 7.51. The van der Waals surface area contributed by atoms with Gasteiger partial charge in [0.2, 0.25) is 0 Å². The Hall–Kier alpha value is -3.18. The third kappa shape index (κ3) is 4.62. The van der Waals surface area contributed by atoms with Crippen molar-refractivity contribution < 1.29 is 9.53 Å². The highest BCUT2D eigenvalue weighted by Crippen LogP contribution is 2.38. The van der Waals surface area contributed by atoms with Gasteiger partial charge in [-0.15, -0.1) is 11.8 Å². The summed E-state index contributed by atoms with van der Waals surface area (Å²) >= 11 is 1.75. The number of benzene rings is 3. The van der Waals surface area contributed by atoms with Gasteiger partial charge in [0, 0.05) is 33.7 Å². The van der Waals surface area contributed by atoms with Crippen molar-refractivity contribution in [2.45, 2.75) is 18.7 Å². The number of ether oxygens (including phenoxy) is 1. The third-order valence-corrected chi connectivity index (χ3v) is 6.56. The molecular weight excluding hydrogens is 404 g/mol. The Labute approximate surface area is 187 Å². The second-order valence-corrected chi connectivity index (χ2v) is 8.61. The fraction of sp³-hybridized carbons (Fsp3) is 0.192. The van der Waals surface area contributed by atoms with Gasteiger partial charge in [-0.3, -0.25) is 4.79 Å². The zero-order valence-corrected chi connectivity index (χ0v) is 18.8. The van der Waals surface area contributed by atoms with Crippen molar-refractivity contribution in [3.8, 4) is 17.0 Å². The van der Waals surface area contributed by atoms with E-state index in [9.17, 15) is 4.79 Å². The number of fused-ring (bicyclic) bond motifs is 1. The average Bonchev–Trinajstić information content (AvgIpc) is 3.17. The summed E-state index contributed by atoms with van der Waals surface area (Å²) in [6, 6.07) is 22.2. The molecule has 4 rings (SSSR count). The standard InChI is InChI=1S/C26H26N2O2S/c1-17-8-9-20(16-18(17)2)26(29)27-14-15-31-25-22-6-4-5-7-23(22)28-24(25)19-10-12-21(30-3)13-11-19/h4-13,16,28H,14-15H2,1-3H3,(H,27,29). The van der Waals surface area contributed by atoms with Crippen LogP contribution in [0.25, 0.3) is 22.2 Å². The summed E-state index contributed by atoms with van der Waals surface area (Å²) in [5.41, 5.74) is 6.34. The first-order chi connectivity index (χ1) is 15.1. The number of thioether (sulfide) groups is 1. The van der Waals surface area contributed by atoms with Crippen LogP contribution in [0, 0.1) is 13.8 Å². The molecule has 0 unspecified atom stereocenters. The highest BCUT2D eigenvalue weighted by molar-refractivity contribution is 7.99. The van der Waals surface area contributed by atoms with Crippen LogP contribution in [0.3, 0.4) is 0 Å². The monoisotopic (exact) mass is 430 g/mol. The fourth-order valence-corrected chi connectivity index (χ4v) is 4.58. The molecule has 4 aromatic rings. The molecule has 0 bridgehead atoms. The summed E-state index contributed by atoms with van der Waals surface area (Å²) in [5.74, 6) is 1.59. The summed E-state index contributed by atoms with van der Waals surface area (Å²) in [6.45, 7) is 4.67. The Morgan fingerprint density at radius 3 is 2.52 bits per heavy atom. The van der Waals surface area contributed by atoms with Crippen LogP contribution in [0.2, 0.25) is 0 Å². The molecule has 0 spiro atoms. The van der Waals surface area contributed by atoms with Crippen LogP contribution >= 0.6 is 11.8 Å². The molecule has 0 aliphatic rings. The van der Waals surface area contributed by atoms with E-state index in [-0.39, 0.29) is 5.91 Å². The van der Waals surface area contributed by atoms with E-state index in [0.29, 0.717) is 12.1 Å².